The third-order valence-electron chi connectivity index (χ3n) is 7.42. The van der Waals surface area contributed by atoms with Crippen LogP contribution in [0.3, 0.4) is 0 Å². The SMILES string of the molecule is CC(C)(COP(=O)(O)OP(=O)(O)OC[C@H]1O[C@@H](n2cnc3c(N)ncnc32)[C@H](O)[C@@H]1OP(=O)(O)O)[C@@H](O)C(=O)NCCC(=O)NCCSc1ccncc1. The predicted molar refractivity (Wildman–Crippen MR) is 185 cm³/mol. The number of carbonyl (C=O) groups is 2. The van der Waals surface area contributed by atoms with E-state index in [9.17, 15) is 53.1 Å². The van der Waals surface area contributed by atoms with Crippen molar-refractivity contribution in [2.75, 3.05) is 37.8 Å². The van der Waals surface area contributed by atoms with Gasteiger partial charge in [-0.1, -0.05) is 13.8 Å². The second-order valence-electron chi connectivity index (χ2n) is 12.1. The van der Waals surface area contributed by atoms with Crippen molar-refractivity contribution in [2.45, 2.75) is 55.8 Å². The van der Waals surface area contributed by atoms with Gasteiger partial charge in [0, 0.05) is 48.0 Å². The average molecular weight is 845 g/mol. The first-order chi connectivity index (χ1) is 25.2. The minimum absolute atomic E-state index is 0.0362. The molecular weight excluding hydrogens is 805 g/mol. The van der Waals surface area contributed by atoms with Gasteiger partial charge in [-0.15, -0.1) is 11.8 Å². The van der Waals surface area contributed by atoms with Gasteiger partial charge in [0.15, 0.2) is 17.7 Å². The van der Waals surface area contributed by atoms with Crippen molar-refractivity contribution in [1.29, 1.82) is 0 Å². The van der Waals surface area contributed by atoms with Gasteiger partial charge in [0.2, 0.25) is 11.8 Å². The number of anilines is 1. The number of hydrogen-bond acceptors (Lipinski definition) is 18. The van der Waals surface area contributed by atoms with Crippen LogP contribution in [0.4, 0.5) is 5.82 Å². The second kappa shape index (κ2) is 18.3. The maximum Gasteiger partial charge on any atom is 0.481 e. The molecule has 0 radical (unpaired) electrons. The third-order valence-corrected chi connectivity index (χ3v) is 11.5. The Balaban J connectivity index is 1.25. The lowest BCUT2D eigenvalue weighted by Crippen LogP contribution is -2.46. The fraction of sp³-hybridized carbons (Fsp3) is 0.538. The molecule has 2 amide bonds. The molecule has 54 heavy (non-hydrogen) atoms. The highest BCUT2D eigenvalue weighted by Gasteiger charge is 2.50. The van der Waals surface area contributed by atoms with E-state index in [1.807, 2.05) is 12.1 Å². The molecule has 7 atom stereocenters. The van der Waals surface area contributed by atoms with Crippen LogP contribution < -0.4 is 16.4 Å². The maximum atomic E-state index is 12.7. The van der Waals surface area contributed by atoms with Crippen molar-refractivity contribution in [3.05, 3.63) is 37.2 Å². The zero-order valence-corrected chi connectivity index (χ0v) is 31.9. The van der Waals surface area contributed by atoms with Gasteiger partial charge in [-0.2, -0.15) is 4.31 Å². The molecule has 2 unspecified atom stereocenters. The number of thioether (sulfide) groups is 1. The lowest BCUT2D eigenvalue weighted by atomic mass is 9.87. The Morgan fingerprint density at radius 2 is 1.74 bits per heavy atom. The molecule has 1 saturated heterocycles. The maximum absolute atomic E-state index is 12.7. The number of aliphatic hydroxyl groups is 2. The van der Waals surface area contributed by atoms with Gasteiger partial charge >= 0.3 is 23.5 Å². The van der Waals surface area contributed by atoms with E-state index in [-0.39, 0.29) is 35.9 Å². The van der Waals surface area contributed by atoms with Gasteiger partial charge in [-0.05, 0) is 12.1 Å². The van der Waals surface area contributed by atoms with Crippen LogP contribution in [0.5, 0.6) is 0 Å². The Labute approximate surface area is 310 Å². The highest BCUT2D eigenvalue weighted by molar-refractivity contribution is 7.99. The van der Waals surface area contributed by atoms with Crippen LogP contribution in [-0.2, 0) is 45.9 Å². The van der Waals surface area contributed by atoms with E-state index >= 15 is 0 Å². The zero-order chi connectivity index (χ0) is 39.9. The smallest absolute Gasteiger partial charge is 0.386 e. The Hall–Kier alpha value is -2.96. The molecule has 10 N–H and O–H groups in total. The number of phosphoric acid groups is 3. The molecule has 28 heteroatoms. The number of imidazole rings is 1. The highest BCUT2D eigenvalue weighted by Crippen LogP contribution is 2.61. The number of amides is 2. The van der Waals surface area contributed by atoms with E-state index in [0.29, 0.717) is 12.3 Å². The molecule has 0 aliphatic carbocycles. The number of aliphatic hydroxyl groups excluding tert-OH is 2. The van der Waals surface area contributed by atoms with Crippen molar-refractivity contribution < 1.29 is 75.7 Å². The van der Waals surface area contributed by atoms with Crippen LogP contribution in [0.25, 0.3) is 11.2 Å². The summed E-state index contributed by atoms with van der Waals surface area (Å²) < 4.78 is 62.1. The quantitative estimate of drug-likeness (QED) is 0.0396. The van der Waals surface area contributed by atoms with E-state index in [2.05, 4.69) is 39.4 Å². The van der Waals surface area contributed by atoms with Gasteiger partial charge in [0.1, 0.15) is 36.3 Å². The molecule has 300 valence electrons. The number of hydrogen-bond donors (Lipinski definition) is 9. The van der Waals surface area contributed by atoms with Crippen LogP contribution in [0.2, 0.25) is 0 Å². The lowest BCUT2D eigenvalue weighted by molar-refractivity contribution is -0.137. The number of pyridine rings is 1. The van der Waals surface area contributed by atoms with Crippen LogP contribution >= 0.6 is 35.2 Å². The van der Waals surface area contributed by atoms with E-state index in [1.54, 1.807) is 12.4 Å². The molecule has 3 aromatic heterocycles. The highest BCUT2D eigenvalue weighted by atomic mass is 32.2. The van der Waals surface area contributed by atoms with E-state index in [4.69, 9.17) is 19.5 Å². The second-order valence-corrected chi connectivity index (χ2v) is 17.5. The zero-order valence-electron chi connectivity index (χ0n) is 28.4. The summed E-state index contributed by atoms with van der Waals surface area (Å²) >= 11 is 1.51. The van der Waals surface area contributed by atoms with E-state index in [0.717, 1.165) is 22.1 Å². The standard InChI is InChI=1S/C26H39N8O16P3S/c1-26(2,21(37)24(38)30-8-5-17(35)29-9-10-54-15-3-6-28-7-4-15)12-47-53(44,45)50-52(42,43)46-11-16-20(49-51(39,40)41)19(36)25(48-16)34-14-33-18-22(27)31-13-32-23(18)34/h3-4,6-7,13-14,16,19-21,25,36-37H,5,8-12H2,1-2H3,(H,29,35)(H,30,38)(H,42,43)(H,44,45)(H2,27,31,32)(H2,39,40,41)/t16-,19-,20-,21+,25-/m1/s1. The molecular formula is C26H39N8O16P3S. The van der Waals surface area contributed by atoms with Gasteiger partial charge in [-0.3, -0.25) is 32.7 Å². The number of rotatable bonds is 20. The normalized spacial score (nSPS) is 22.0. The summed E-state index contributed by atoms with van der Waals surface area (Å²) in [5.74, 6) is -0.746. The number of aromatic nitrogens is 5. The summed E-state index contributed by atoms with van der Waals surface area (Å²) in [6.07, 6.45) is -3.48. The summed E-state index contributed by atoms with van der Waals surface area (Å²) in [6, 6.07) is 3.66. The molecule has 3 aromatic rings. The fourth-order valence-electron chi connectivity index (χ4n) is 4.73. The fourth-order valence-corrected chi connectivity index (χ4v) is 8.32. The molecule has 0 aromatic carbocycles. The van der Waals surface area contributed by atoms with Crippen LogP contribution in [0.15, 0.2) is 42.1 Å². The molecule has 4 heterocycles. The number of ether oxygens (including phenoxy) is 1. The van der Waals surface area contributed by atoms with Crippen LogP contribution in [0.1, 0.15) is 26.5 Å². The molecule has 1 aliphatic rings. The number of nitrogens with zero attached hydrogens (tertiary/aromatic N) is 5. The monoisotopic (exact) mass is 844 g/mol. The number of fused-ring (bicyclic) bond motifs is 1. The topological polar surface area (TPSA) is 359 Å². The number of carbonyl (C=O) groups excluding carboxylic acids is 2. The minimum atomic E-state index is -5.55. The Morgan fingerprint density at radius 3 is 2.43 bits per heavy atom. The Bertz CT molecular complexity index is 1910. The predicted octanol–water partition coefficient (Wildman–Crippen LogP) is -0.408. The Morgan fingerprint density at radius 1 is 1.06 bits per heavy atom. The van der Waals surface area contributed by atoms with Gasteiger partial charge in [0.25, 0.3) is 0 Å². The summed E-state index contributed by atoms with van der Waals surface area (Å²) in [5.41, 5.74) is 4.30. The van der Waals surface area contributed by atoms with E-state index in [1.165, 1.54) is 25.6 Å². The van der Waals surface area contributed by atoms with Crippen LogP contribution in [0, 0.1) is 5.41 Å². The lowest BCUT2D eigenvalue weighted by Gasteiger charge is -2.30. The number of nitrogens with one attached hydrogen (secondary N) is 2. The molecule has 24 nitrogen and oxygen atoms in total. The van der Waals surface area contributed by atoms with Crippen LogP contribution in [-0.4, -0.2) is 123 Å². The van der Waals surface area contributed by atoms with E-state index < -0.39 is 78.6 Å². The molecule has 4 rings (SSSR count). The molecule has 0 spiro atoms. The van der Waals surface area contributed by atoms with Crippen molar-refractivity contribution >= 4 is 64.0 Å². The first-order valence-corrected chi connectivity index (χ1v) is 21.1. The number of nitrogen functional groups attached to an aromatic ring is 1. The van der Waals surface area contributed by atoms with Crippen molar-refractivity contribution in [3.8, 4) is 0 Å². The molecule has 0 saturated carbocycles. The third kappa shape index (κ3) is 12.5. The first kappa shape index (κ1) is 43.8. The number of nitrogens with two attached hydrogens (primary N) is 1. The Kier molecular flexibility index (Phi) is 14.9. The number of phosphoric ester groups is 3. The summed E-state index contributed by atoms with van der Waals surface area (Å²) in [6.45, 7) is 0.765. The van der Waals surface area contributed by atoms with Gasteiger partial charge in [-0.25, -0.2) is 28.6 Å². The summed E-state index contributed by atoms with van der Waals surface area (Å²) in [7, 11) is -16.3. The van der Waals surface area contributed by atoms with Gasteiger partial charge < -0.3 is 50.9 Å². The molecule has 0 bridgehead atoms. The van der Waals surface area contributed by atoms with Crippen molar-refractivity contribution in [2.24, 2.45) is 5.41 Å². The van der Waals surface area contributed by atoms with Crippen molar-refractivity contribution in [3.63, 3.8) is 0 Å². The summed E-state index contributed by atoms with van der Waals surface area (Å²) in [5, 5.41) is 26.5. The van der Waals surface area contributed by atoms with Crippen molar-refractivity contribution in [1.82, 2.24) is 35.1 Å². The largest absolute Gasteiger partial charge is 0.481 e. The first-order valence-electron chi connectivity index (χ1n) is 15.6. The minimum Gasteiger partial charge on any atom is -0.386 e. The van der Waals surface area contributed by atoms with Gasteiger partial charge in [0.05, 0.1) is 19.5 Å². The summed E-state index contributed by atoms with van der Waals surface area (Å²) in [4.78, 5) is 80.5. The average Bonchev–Trinajstić information content (AvgIpc) is 3.65. The molecule has 1 fully saturated rings. The molecule has 1 aliphatic heterocycles.